The molecular weight excluding hydrogens is 657 g/mol. The zero-order chi connectivity index (χ0) is 35.3. The van der Waals surface area contributed by atoms with Gasteiger partial charge in [-0.25, -0.2) is 0 Å². The molecule has 0 saturated heterocycles. The SMILES string of the molecule is c1ccc(-c2ccc3cc(-c4c5ccccc5c(-c5ccc6c(c5)oc5c6ccc6c5oc5ccc7ccccc7c56)c5ccccc45)ccc3c2)cc1. The summed E-state index contributed by atoms with van der Waals surface area (Å²) in [6, 6.07) is 65.7. The molecule has 250 valence electrons. The van der Waals surface area contributed by atoms with Crippen molar-refractivity contribution in [2.75, 3.05) is 0 Å². The average molecular weight is 687 g/mol. The van der Waals surface area contributed by atoms with Crippen LogP contribution >= 0.6 is 0 Å². The molecule has 0 amide bonds. The smallest absolute Gasteiger partial charge is 0.178 e. The van der Waals surface area contributed by atoms with E-state index < -0.39 is 0 Å². The third kappa shape index (κ3) is 4.22. The minimum Gasteiger partial charge on any atom is -0.452 e. The van der Waals surface area contributed by atoms with E-state index in [1.54, 1.807) is 0 Å². The Morgan fingerprint density at radius 1 is 0.259 bits per heavy atom. The van der Waals surface area contributed by atoms with Crippen LogP contribution in [-0.2, 0) is 0 Å². The van der Waals surface area contributed by atoms with Crippen LogP contribution in [0, 0.1) is 0 Å². The van der Waals surface area contributed by atoms with E-state index in [0.29, 0.717) is 0 Å². The molecule has 0 saturated carbocycles. The van der Waals surface area contributed by atoms with Gasteiger partial charge in [-0.15, -0.1) is 0 Å². The van der Waals surface area contributed by atoms with Gasteiger partial charge in [-0.2, -0.15) is 0 Å². The molecule has 2 nitrogen and oxygen atoms in total. The van der Waals surface area contributed by atoms with Crippen molar-refractivity contribution in [3.8, 4) is 33.4 Å². The fourth-order valence-electron chi connectivity index (χ4n) is 8.96. The largest absolute Gasteiger partial charge is 0.452 e. The number of benzene rings is 10. The normalized spacial score (nSPS) is 12.1. The Hall–Kier alpha value is -7.16. The van der Waals surface area contributed by atoms with E-state index in [4.69, 9.17) is 8.83 Å². The van der Waals surface area contributed by atoms with E-state index in [1.165, 1.54) is 70.9 Å². The van der Waals surface area contributed by atoms with Crippen molar-refractivity contribution in [3.05, 3.63) is 182 Å². The predicted molar refractivity (Wildman–Crippen MR) is 227 cm³/mol. The van der Waals surface area contributed by atoms with Gasteiger partial charge in [-0.3, -0.25) is 0 Å². The van der Waals surface area contributed by atoms with Crippen molar-refractivity contribution in [2.45, 2.75) is 0 Å². The molecule has 2 aromatic heterocycles. The first-order valence-corrected chi connectivity index (χ1v) is 18.5. The molecule has 0 radical (unpaired) electrons. The lowest BCUT2D eigenvalue weighted by atomic mass is 9.85. The monoisotopic (exact) mass is 686 g/mol. The number of fused-ring (bicyclic) bond motifs is 12. The Bertz CT molecular complexity index is 3430. The topological polar surface area (TPSA) is 26.3 Å². The van der Waals surface area contributed by atoms with Crippen LogP contribution in [0.5, 0.6) is 0 Å². The molecule has 12 aromatic rings. The van der Waals surface area contributed by atoms with Gasteiger partial charge in [0, 0.05) is 21.5 Å². The molecule has 0 fully saturated rings. The minimum absolute atomic E-state index is 0.789. The van der Waals surface area contributed by atoms with E-state index in [9.17, 15) is 0 Å². The summed E-state index contributed by atoms with van der Waals surface area (Å²) in [5.41, 5.74) is 10.6. The molecule has 0 unspecified atom stereocenters. The number of furan rings is 2. The fourth-order valence-corrected chi connectivity index (χ4v) is 8.96. The third-order valence-corrected chi connectivity index (χ3v) is 11.4. The summed E-state index contributed by atoms with van der Waals surface area (Å²) in [6.45, 7) is 0. The predicted octanol–water partition coefficient (Wildman–Crippen LogP) is 15.1. The number of hydrogen-bond acceptors (Lipinski definition) is 2. The summed E-state index contributed by atoms with van der Waals surface area (Å²) in [5, 5.41) is 14.1. The Balaban J connectivity index is 1.05. The first-order chi connectivity index (χ1) is 26.8. The summed E-state index contributed by atoms with van der Waals surface area (Å²) in [4.78, 5) is 0. The lowest BCUT2D eigenvalue weighted by molar-refractivity contribution is 0.633. The Morgan fingerprint density at radius 3 is 1.48 bits per heavy atom. The van der Waals surface area contributed by atoms with Gasteiger partial charge in [0.25, 0.3) is 0 Å². The van der Waals surface area contributed by atoms with Crippen LogP contribution in [-0.4, -0.2) is 0 Å². The molecule has 0 spiro atoms. The molecule has 0 bridgehead atoms. The van der Waals surface area contributed by atoms with Crippen molar-refractivity contribution < 1.29 is 8.83 Å². The van der Waals surface area contributed by atoms with E-state index in [1.807, 2.05) is 0 Å². The summed E-state index contributed by atoms with van der Waals surface area (Å²) < 4.78 is 13.3. The Morgan fingerprint density at radius 2 is 0.759 bits per heavy atom. The van der Waals surface area contributed by atoms with Gasteiger partial charge in [0.15, 0.2) is 11.2 Å². The second-order valence-electron chi connectivity index (χ2n) is 14.4. The van der Waals surface area contributed by atoms with Gasteiger partial charge in [-0.1, -0.05) is 140 Å². The lowest BCUT2D eigenvalue weighted by Gasteiger charge is -2.18. The van der Waals surface area contributed by atoms with Gasteiger partial charge in [-0.05, 0) is 119 Å². The van der Waals surface area contributed by atoms with Crippen molar-refractivity contribution in [1.29, 1.82) is 0 Å². The maximum absolute atomic E-state index is 6.77. The second-order valence-corrected chi connectivity index (χ2v) is 14.4. The van der Waals surface area contributed by atoms with Gasteiger partial charge in [0.05, 0.1) is 0 Å². The molecule has 10 aromatic carbocycles. The van der Waals surface area contributed by atoms with Gasteiger partial charge in [0.2, 0.25) is 0 Å². The molecule has 0 aliphatic carbocycles. The lowest BCUT2D eigenvalue weighted by Crippen LogP contribution is -1.91. The van der Waals surface area contributed by atoms with Crippen LogP contribution in [0.1, 0.15) is 0 Å². The summed E-state index contributed by atoms with van der Waals surface area (Å²) in [7, 11) is 0. The van der Waals surface area contributed by atoms with Gasteiger partial charge >= 0.3 is 0 Å². The van der Waals surface area contributed by atoms with Crippen LogP contribution in [0.3, 0.4) is 0 Å². The molecule has 2 heteroatoms. The van der Waals surface area contributed by atoms with E-state index >= 15 is 0 Å². The molecule has 0 aliphatic rings. The standard InChI is InChI=1S/C52H30O2/c1-2-10-31(11-3-1)33-18-19-35-29-36(21-20-34(35)28-33)48-40-14-6-8-16-42(40)49(43-17-9-7-15-41(43)48)37-22-24-39-44-25-26-45-50-38-13-5-4-12-32(38)23-27-46(50)53-52(45)51(44)54-47(39)30-37/h1-30H. The highest BCUT2D eigenvalue weighted by Crippen LogP contribution is 2.46. The fraction of sp³-hybridized carbons (Fsp3) is 0. The third-order valence-electron chi connectivity index (χ3n) is 11.4. The first-order valence-electron chi connectivity index (χ1n) is 18.5. The maximum Gasteiger partial charge on any atom is 0.178 e. The highest BCUT2D eigenvalue weighted by Gasteiger charge is 2.20. The molecule has 0 N–H and O–H groups in total. The van der Waals surface area contributed by atoms with E-state index in [-0.39, 0.29) is 0 Å². The highest BCUT2D eigenvalue weighted by molar-refractivity contribution is 6.26. The summed E-state index contributed by atoms with van der Waals surface area (Å²) >= 11 is 0. The molecule has 12 rings (SSSR count). The van der Waals surface area contributed by atoms with E-state index in [0.717, 1.165) is 49.4 Å². The maximum atomic E-state index is 6.77. The van der Waals surface area contributed by atoms with Crippen LogP contribution in [0.25, 0.3) is 120 Å². The molecular formula is C52H30O2. The average Bonchev–Trinajstić information content (AvgIpc) is 3.81. The Kier molecular flexibility index (Phi) is 6.09. The molecule has 54 heavy (non-hydrogen) atoms. The van der Waals surface area contributed by atoms with Crippen LogP contribution < -0.4 is 0 Å². The van der Waals surface area contributed by atoms with Gasteiger partial charge in [0.1, 0.15) is 11.2 Å². The number of hydrogen-bond donors (Lipinski definition) is 0. The molecule has 2 heterocycles. The molecule has 0 atom stereocenters. The van der Waals surface area contributed by atoms with Crippen LogP contribution in [0.2, 0.25) is 0 Å². The Labute approximate surface area is 310 Å². The van der Waals surface area contributed by atoms with Gasteiger partial charge < -0.3 is 8.83 Å². The van der Waals surface area contributed by atoms with Crippen molar-refractivity contribution in [2.24, 2.45) is 0 Å². The quantitative estimate of drug-likeness (QED) is 0.173. The number of rotatable bonds is 3. The first kappa shape index (κ1) is 29.4. The second kappa shape index (κ2) is 11.2. The summed E-state index contributed by atoms with van der Waals surface area (Å²) in [6.07, 6.45) is 0. The zero-order valence-electron chi connectivity index (χ0n) is 29.1. The van der Waals surface area contributed by atoms with Crippen molar-refractivity contribution in [3.63, 3.8) is 0 Å². The zero-order valence-corrected chi connectivity index (χ0v) is 29.1. The van der Waals surface area contributed by atoms with Crippen molar-refractivity contribution in [1.82, 2.24) is 0 Å². The van der Waals surface area contributed by atoms with E-state index in [2.05, 4.69) is 182 Å². The van der Waals surface area contributed by atoms with Crippen LogP contribution in [0.15, 0.2) is 191 Å². The van der Waals surface area contributed by atoms with Crippen LogP contribution in [0.4, 0.5) is 0 Å². The molecule has 0 aliphatic heterocycles. The summed E-state index contributed by atoms with van der Waals surface area (Å²) in [5.74, 6) is 0. The highest BCUT2D eigenvalue weighted by atomic mass is 16.4. The van der Waals surface area contributed by atoms with Crippen molar-refractivity contribution >= 4 is 87.0 Å². The minimum atomic E-state index is 0.789.